The SMILES string of the molecule is CC1CCCN(c2ccc(NC(=O)c3ccccc3)cc2C(=O)O)C1. The van der Waals surface area contributed by atoms with E-state index in [0.717, 1.165) is 25.2 Å². The predicted molar refractivity (Wildman–Crippen MR) is 98.4 cm³/mol. The van der Waals surface area contributed by atoms with Crippen LogP contribution in [0, 0.1) is 5.92 Å². The van der Waals surface area contributed by atoms with Gasteiger partial charge in [0, 0.05) is 24.3 Å². The van der Waals surface area contributed by atoms with Crippen molar-refractivity contribution in [2.45, 2.75) is 19.8 Å². The number of carbonyl (C=O) groups is 2. The van der Waals surface area contributed by atoms with E-state index in [1.807, 2.05) is 6.07 Å². The summed E-state index contributed by atoms with van der Waals surface area (Å²) in [5.74, 6) is -0.687. The highest BCUT2D eigenvalue weighted by molar-refractivity contribution is 6.05. The third kappa shape index (κ3) is 3.99. The number of amides is 1. The monoisotopic (exact) mass is 338 g/mol. The number of aromatic carboxylic acids is 1. The van der Waals surface area contributed by atoms with Gasteiger partial charge in [-0.2, -0.15) is 0 Å². The van der Waals surface area contributed by atoms with E-state index in [-0.39, 0.29) is 11.5 Å². The summed E-state index contributed by atoms with van der Waals surface area (Å²) in [6, 6.07) is 14.0. The van der Waals surface area contributed by atoms with Crippen molar-refractivity contribution in [1.29, 1.82) is 0 Å². The number of hydrogen-bond acceptors (Lipinski definition) is 3. The molecule has 3 rings (SSSR count). The molecule has 5 nitrogen and oxygen atoms in total. The Bertz CT molecular complexity index is 774. The zero-order valence-electron chi connectivity index (χ0n) is 14.2. The first kappa shape index (κ1) is 17.0. The van der Waals surface area contributed by atoms with Crippen molar-refractivity contribution < 1.29 is 14.7 Å². The van der Waals surface area contributed by atoms with Crippen molar-refractivity contribution >= 4 is 23.3 Å². The lowest BCUT2D eigenvalue weighted by Crippen LogP contribution is -2.35. The molecule has 130 valence electrons. The molecule has 0 radical (unpaired) electrons. The summed E-state index contributed by atoms with van der Waals surface area (Å²) in [5, 5.41) is 12.4. The molecule has 25 heavy (non-hydrogen) atoms. The molecule has 1 saturated heterocycles. The van der Waals surface area contributed by atoms with Crippen molar-refractivity contribution in [3.8, 4) is 0 Å². The highest BCUT2D eigenvalue weighted by Crippen LogP contribution is 2.29. The number of hydrogen-bond donors (Lipinski definition) is 2. The fraction of sp³-hybridized carbons (Fsp3) is 0.300. The summed E-state index contributed by atoms with van der Waals surface area (Å²) < 4.78 is 0. The summed E-state index contributed by atoms with van der Waals surface area (Å²) in [5.41, 5.74) is 1.96. The van der Waals surface area contributed by atoms with Crippen LogP contribution in [0.2, 0.25) is 0 Å². The van der Waals surface area contributed by atoms with E-state index in [4.69, 9.17) is 0 Å². The lowest BCUT2D eigenvalue weighted by atomic mass is 9.98. The molecule has 1 unspecified atom stereocenters. The van der Waals surface area contributed by atoms with Gasteiger partial charge >= 0.3 is 5.97 Å². The van der Waals surface area contributed by atoms with E-state index in [1.54, 1.807) is 36.4 Å². The van der Waals surface area contributed by atoms with Crippen molar-refractivity contribution in [3.63, 3.8) is 0 Å². The maximum Gasteiger partial charge on any atom is 0.337 e. The number of piperidine rings is 1. The summed E-state index contributed by atoms with van der Waals surface area (Å²) in [7, 11) is 0. The average Bonchev–Trinajstić information content (AvgIpc) is 2.62. The van der Waals surface area contributed by atoms with E-state index < -0.39 is 5.97 Å². The van der Waals surface area contributed by atoms with Gasteiger partial charge in [0.05, 0.1) is 11.3 Å². The minimum atomic E-state index is -0.982. The van der Waals surface area contributed by atoms with E-state index in [1.165, 1.54) is 12.5 Å². The topological polar surface area (TPSA) is 69.6 Å². The van der Waals surface area contributed by atoms with Gasteiger partial charge in [-0.1, -0.05) is 25.1 Å². The smallest absolute Gasteiger partial charge is 0.337 e. The predicted octanol–water partition coefficient (Wildman–Crippen LogP) is 3.87. The molecule has 0 aliphatic carbocycles. The van der Waals surface area contributed by atoms with Gasteiger partial charge in [-0.15, -0.1) is 0 Å². The summed E-state index contributed by atoms with van der Waals surface area (Å²) in [4.78, 5) is 26.1. The molecule has 1 fully saturated rings. The Hall–Kier alpha value is -2.82. The number of benzene rings is 2. The minimum absolute atomic E-state index is 0.222. The van der Waals surface area contributed by atoms with Crippen LogP contribution in [-0.4, -0.2) is 30.1 Å². The number of nitrogens with one attached hydrogen (secondary N) is 1. The summed E-state index contributed by atoms with van der Waals surface area (Å²) in [6.45, 7) is 3.90. The molecule has 0 saturated carbocycles. The van der Waals surface area contributed by atoms with Gasteiger partial charge in [-0.3, -0.25) is 4.79 Å². The van der Waals surface area contributed by atoms with Crippen molar-refractivity contribution in [2.75, 3.05) is 23.3 Å². The quantitative estimate of drug-likeness (QED) is 0.888. The second kappa shape index (κ2) is 7.38. The highest BCUT2D eigenvalue weighted by Gasteiger charge is 2.22. The van der Waals surface area contributed by atoms with Crippen LogP contribution >= 0.6 is 0 Å². The summed E-state index contributed by atoms with van der Waals surface area (Å²) in [6.07, 6.45) is 2.23. The lowest BCUT2D eigenvalue weighted by Gasteiger charge is -2.33. The molecule has 1 heterocycles. The Labute approximate surface area is 147 Å². The maximum atomic E-state index is 12.3. The van der Waals surface area contributed by atoms with Crippen LogP contribution in [0.3, 0.4) is 0 Å². The van der Waals surface area contributed by atoms with Gasteiger partial charge in [0.15, 0.2) is 0 Å². The number of rotatable bonds is 4. The van der Waals surface area contributed by atoms with Crippen molar-refractivity contribution in [3.05, 3.63) is 59.7 Å². The molecule has 2 aromatic carbocycles. The van der Waals surface area contributed by atoms with Crippen LogP contribution in [0.4, 0.5) is 11.4 Å². The van der Waals surface area contributed by atoms with Gasteiger partial charge in [-0.25, -0.2) is 4.79 Å². The minimum Gasteiger partial charge on any atom is -0.478 e. The van der Waals surface area contributed by atoms with Gasteiger partial charge in [0.25, 0.3) is 5.91 Å². The van der Waals surface area contributed by atoms with E-state index in [2.05, 4.69) is 17.1 Å². The Morgan fingerprint density at radius 1 is 1.16 bits per heavy atom. The molecule has 0 spiro atoms. The van der Waals surface area contributed by atoms with Crippen molar-refractivity contribution in [2.24, 2.45) is 5.92 Å². The average molecular weight is 338 g/mol. The van der Waals surface area contributed by atoms with Gasteiger partial charge in [-0.05, 0) is 49.1 Å². The molecule has 2 aromatic rings. The third-order valence-electron chi connectivity index (χ3n) is 4.52. The second-order valence-corrected chi connectivity index (χ2v) is 6.55. The van der Waals surface area contributed by atoms with Crippen LogP contribution in [0.15, 0.2) is 48.5 Å². The van der Waals surface area contributed by atoms with Gasteiger partial charge in [0.2, 0.25) is 0 Å². The van der Waals surface area contributed by atoms with Crippen LogP contribution in [0.1, 0.15) is 40.5 Å². The van der Waals surface area contributed by atoms with Gasteiger partial charge < -0.3 is 15.3 Å². The van der Waals surface area contributed by atoms with E-state index in [9.17, 15) is 14.7 Å². The number of carbonyl (C=O) groups excluding carboxylic acids is 1. The Morgan fingerprint density at radius 3 is 2.60 bits per heavy atom. The standard InChI is InChI=1S/C20H22N2O3/c1-14-6-5-11-22(13-14)18-10-9-16(12-17(18)20(24)25)21-19(23)15-7-3-2-4-8-15/h2-4,7-10,12,14H,5-6,11,13H2,1H3,(H,21,23)(H,24,25). The molecular formula is C20H22N2O3. The van der Waals surface area contributed by atoms with Crippen LogP contribution in [-0.2, 0) is 0 Å². The molecule has 1 aliphatic rings. The Morgan fingerprint density at radius 2 is 1.92 bits per heavy atom. The van der Waals surface area contributed by atoms with Gasteiger partial charge in [0.1, 0.15) is 0 Å². The van der Waals surface area contributed by atoms with Crippen LogP contribution < -0.4 is 10.2 Å². The van der Waals surface area contributed by atoms with E-state index in [0.29, 0.717) is 17.2 Å². The Kier molecular flexibility index (Phi) is 5.03. The highest BCUT2D eigenvalue weighted by atomic mass is 16.4. The maximum absolute atomic E-state index is 12.3. The molecule has 0 bridgehead atoms. The normalized spacial score (nSPS) is 17.2. The number of anilines is 2. The third-order valence-corrected chi connectivity index (χ3v) is 4.52. The Balaban J connectivity index is 1.84. The summed E-state index contributed by atoms with van der Waals surface area (Å²) >= 11 is 0. The molecular weight excluding hydrogens is 316 g/mol. The number of carboxylic acids is 1. The zero-order valence-corrected chi connectivity index (χ0v) is 14.2. The second-order valence-electron chi connectivity index (χ2n) is 6.55. The number of nitrogens with zero attached hydrogens (tertiary/aromatic N) is 1. The fourth-order valence-corrected chi connectivity index (χ4v) is 3.26. The van der Waals surface area contributed by atoms with Crippen LogP contribution in [0.5, 0.6) is 0 Å². The molecule has 1 aliphatic heterocycles. The first-order chi connectivity index (χ1) is 12.0. The number of carboxylic acid groups (broad SMARTS) is 1. The van der Waals surface area contributed by atoms with E-state index >= 15 is 0 Å². The zero-order chi connectivity index (χ0) is 17.8. The fourth-order valence-electron chi connectivity index (χ4n) is 3.26. The molecule has 2 N–H and O–H groups in total. The lowest BCUT2D eigenvalue weighted by molar-refractivity contribution is 0.0697. The molecule has 1 amide bonds. The van der Waals surface area contributed by atoms with Crippen molar-refractivity contribution in [1.82, 2.24) is 0 Å². The molecule has 1 atom stereocenters. The first-order valence-electron chi connectivity index (χ1n) is 8.53. The van der Waals surface area contributed by atoms with Crippen LogP contribution in [0.25, 0.3) is 0 Å². The molecule has 0 aromatic heterocycles. The largest absolute Gasteiger partial charge is 0.478 e. The first-order valence-corrected chi connectivity index (χ1v) is 8.53. The molecule has 5 heteroatoms.